The summed E-state index contributed by atoms with van der Waals surface area (Å²) in [7, 11) is 0. The van der Waals surface area contributed by atoms with Gasteiger partial charge in [0.2, 0.25) is 0 Å². The molecule has 3 rings (SSSR count). The highest BCUT2D eigenvalue weighted by Crippen LogP contribution is 2.30. The molecule has 0 saturated carbocycles. The Morgan fingerprint density at radius 1 is 1.25 bits per heavy atom. The van der Waals surface area contributed by atoms with Crippen LogP contribution in [0.3, 0.4) is 0 Å². The predicted octanol–water partition coefficient (Wildman–Crippen LogP) is 0.667. The van der Waals surface area contributed by atoms with Crippen molar-refractivity contribution in [1.82, 2.24) is 10.3 Å². The fraction of sp³-hybridized carbons (Fsp3) is 0.500. The molecule has 28 heavy (non-hydrogen) atoms. The number of cyclic esters (lactones) is 1. The van der Waals surface area contributed by atoms with E-state index in [0.29, 0.717) is 0 Å². The van der Waals surface area contributed by atoms with Crippen LogP contribution in [0.5, 0.6) is 0 Å². The maximum absolute atomic E-state index is 14.6. The third-order valence-corrected chi connectivity index (χ3v) is 4.50. The molecule has 2 aliphatic heterocycles. The number of ether oxygens (including phenoxy) is 1. The van der Waals surface area contributed by atoms with E-state index in [-0.39, 0.29) is 45.0 Å². The Morgan fingerprint density at radius 3 is 2.50 bits per heavy atom. The molecule has 2 heterocycles. The van der Waals surface area contributed by atoms with E-state index in [0.717, 1.165) is 26.9 Å². The summed E-state index contributed by atoms with van der Waals surface area (Å²) in [6.07, 6.45) is -4.46. The second-order valence-corrected chi connectivity index (χ2v) is 6.30. The summed E-state index contributed by atoms with van der Waals surface area (Å²) in [5, 5.41) is 1.12. The summed E-state index contributed by atoms with van der Waals surface area (Å²) >= 11 is 0. The van der Waals surface area contributed by atoms with Gasteiger partial charge < -0.3 is 20.4 Å². The van der Waals surface area contributed by atoms with Crippen LogP contribution in [-0.2, 0) is 9.53 Å². The number of anilines is 2. The number of nitrogens with zero attached hydrogens (tertiary/aromatic N) is 3. The van der Waals surface area contributed by atoms with Gasteiger partial charge in [-0.05, 0) is 0 Å². The number of hydrogen-bond acceptors (Lipinski definition) is 6. The Kier molecular flexibility index (Phi) is 5.89. The second-order valence-electron chi connectivity index (χ2n) is 6.30. The lowest BCUT2D eigenvalue weighted by Crippen LogP contribution is -2.40. The minimum Gasteiger partial charge on any atom is -0.443 e. The summed E-state index contributed by atoms with van der Waals surface area (Å²) < 4.78 is 59.4. The van der Waals surface area contributed by atoms with Crippen molar-refractivity contribution in [2.75, 3.05) is 49.2 Å². The molecule has 0 spiro atoms. The van der Waals surface area contributed by atoms with Gasteiger partial charge in [0, 0.05) is 38.3 Å². The average molecular weight is 405 g/mol. The van der Waals surface area contributed by atoms with Crippen molar-refractivity contribution in [3.8, 4) is 0 Å². The van der Waals surface area contributed by atoms with E-state index >= 15 is 0 Å². The van der Waals surface area contributed by atoms with E-state index in [4.69, 9.17) is 10.5 Å². The molecule has 1 atom stereocenters. The van der Waals surface area contributed by atoms with Crippen molar-refractivity contribution in [3.05, 3.63) is 23.8 Å². The van der Waals surface area contributed by atoms with Crippen LogP contribution < -0.4 is 21.1 Å². The first-order chi connectivity index (χ1) is 13.3. The molecule has 0 bridgehead atoms. The van der Waals surface area contributed by atoms with E-state index in [1.807, 2.05) is 0 Å². The first-order valence-corrected chi connectivity index (χ1v) is 8.57. The first kappa shape index (κ1) is 20.1. The summed E-state index contributed by atoms with van der Waals surface area (Å²) in [6.45, 7) is -0.0755. The SMILES string of the molecule is NC[C@H]1CN(c2cc(F)c(N3CCN(C(=O)C(F)F)CCN3)c(F)c2)C(=O)O1. The molecule has 0 radical (unpaired) electrons. The van der Waals surface area contributed by atoms with Gasteiger partial charge in [-0.2, -0.15) is 8.78 Å². The minimum atomic E-state index is -3.14. The van der Waals surface area contributed by atoms with Crippen molar-refractivity contribution in [3.63, 3.8) is 0 Å². The zero-order valence-corrected chi connectivity index (χ0v) is 14.7. The molecule has 1 aromatic rings. The number of hydrazine groups is 1. The number of amides is 2. The standard InChI is InChI=1S/C16H19F4N5O3/c17-11-5-9(24-8-10(7-21)28-16(24)27)6-12(18)13(11)25-4-3-23(2-1-22-25)15(26)14(19)20/h5-6,10,14,22H,1-4,7-8,21H2/t10-/m0/s1. The van der Waals surface area contributed by atoms with Gasteiger partial charge in [0.15, 0.2) is 11.6 Å². The molecule has 2 saturated heterocycles. The highest BCUT2D eigenvalue weighted by Gasteiger charge is 2.33. The topological polar surface area (TPSA) is 91.1 Å². The molecular formula is C16H19F4N5O3. The molecule has 2 aliphatic rings. The third-order valence-electron chi connectivity index (χ3n) is 4.50. The monoisotopic (exact) mass is 405 g/mol. The fourth-order valence-electron chi connectivity index (χ4n) is 3.10. The summed E-state index contributed by atoms with van der Waals surface area (Å²) in [6, 6.07) is 1.96. The molecule has 8 nitrogen and oxygen atoms in total. The molecule has 0 unspecified atom stereocenters. The Morgan fingerprint density at radius 2 is 1.93 bits per heavy atom. The number of nitrogens with two attached hydrogens (primary N) is 1. The van der Waals surface area contributed by atoms with Crippen molar-refractivity contribution in [1.29, 1.82) is 0 Å². The Hall–Kier alpha value is -2.60. The second kappa shape index (κ2) is 8.19. The van der Waals surface area contributed by atoms with Crippen LogP contribution in [0.15, 0.2) is 12.1 Å². The Labute approximate surface area is 157 Å². The maximum atomic E-state index is 14.6. The van der Waals surface area contributed by atoms with Gasteiger partial charge >= 0.3 is 12.5 Å². The van der Waals surface area contributed by atoms with Crippen LogP contribution in [0.4, 0.5) is 33.7 Å². The zero-order chi connectivity index (χ0) is 20.4. The van der Waals surface area contributed by atoms with E-state index in [1.165, 1.54) is 0 Å². The van der Waals surface area contributed by atoms with E-state index in [2.05, 4.69) is 5.43 Å². The van der Waals surface area contributed by atoms with Crippen molar-refractivity contribution < 1.29 is 31.9 Å². The van der Waals surface area contributed by atoms with Gasteiger partial charge in [-0.15, -0.1) is 0 Å². The minimum absolute atomic E-state index is 0.0240. The Bertz CT molecular complexity index is 743. The first-order valence-electron chi connectivity index (χ1n) is 8.57. The van der Waals surface area contributed by atoms with Gasteiger partial charge in [-0.25, -0.2) is 19.0 Å². The molecular weight excluding hydrogens is 386 g/mol. The van der Waals surface area contributed by atoms with Crippen LogP contribution in [0.2, 0.25) is 0 Å². The highest BCUT2D eigenvalue weighted by atomic mass is 19.3. The van der Waals surface area contributed by atoms with Crippen molar-refractivity contribution in [2.24, 2.45) is 5.73 Å². The van der Waals surface area contributed by atoms with Crippen molar-refractivity contribution in [2.45, 2.75) is 12.5 Å². The molecule has 3 N–H and O–H groups in total. The number of carbonyl (C=O) groups excluding carboxylic acids is 2. The summed E-state index contributed by atoms with van der Waals surface area (Å²) in [4.78, 5) is 25.3. The number of halogens is 4. The Balaban J connectivity index is 1.78. The smallest absolute Gasteiger partial charge is 0.414 e. The van der Waals surface area contributed by atoms with E-state index in [9.17, 15) is 27.2 Å². The maximum Gasteiger partial charge on any atom is 0.414 e. The normalized spacial score (nSPS) is 20.6. The lowest BCUT2D eigenvalue weighted by Gasteiger charge is -2.25. The predicted molar refractivity (Wildman–Crippen MR) is 91.0 cm³/mol. The number of carbonyl (C=O) groups is 2. The molecule has 154 valence electrons. The van der Waals surface area contributed by atoms with Crippen LogP contribution in [-0.4, -0.2) is 68.7 Å². The summed E-state index contributed by atoms with van der Waals surface area (Å²) in [5.41, 5.74) is 7.70. The number of hydrogen-bond donors (Lipinski definition) is 2. The van der Waals surface area contributed by atoms with Gasteiger partial charge in [0.05, 0.1) is 18.8 Å². The number of benzene rings is 1. The van der Waals surface area contributed by atoms with E-state index < -0.39 is 41.9 Å². The molecule has 12 heteroatoms. The highest BCUT2D eigenvalue weighted by molar-refractivity contribution is 5.90. The van der Waals surface area contributed by atoms with Gasteiger partial charge in [-0.1, -0.05) is 0 Å². The van der Waals surface area contributed by atoms with Gasteiger partial charge in [-0.3, -0.25) is 9.69 Å². The van der Waals surface area contributed by atoms with Crippen LogP contribution in [0, 0.1) is 11.6 Å². The quantitative estimate of drug-likeness (QED) is 0.716. The third kappa shape index (κ3) is 3.97. The molecule has 0 aliphatic carbocycles. The zero-order valence-electron chi connectivity index (χ0n) is 14.7. The molecule has 1 aromatic carbocycles. The van der Waals surface area contributed by atoms with Gasteiger partial charge in [0.25, 0.3) is 5.91 Å². The van der Waals surface area contributed by atoms with Crippen LogP contribution >= 0.6 is 0 Å². The largest absolute Gasteiger partial charge is 0.443 e. The molecule has 2 fully saturated rings. The van der Waals surface area contributed by atoms with Gasteiger partial charge in [0.1, 0.15) is 11.8 Å². The van der Waals surface area contributed by atoms with Crippen LogP contribution in [0.1, 0.15) is 0 Å². The number of alkyl halides is 2. The fourth-order valence-corrected chi connectivity index (χ4v) is 3.10. The van der Waals surface area contributed by atoms with E-state index in [1.54, 1.807) is 0 Å². The lowest BCUT2D eigenvalue weighted by atomic mass is 10.2. The van der Waals surface area contributed by atoms with Crippen LogP contribution in [0.25, 0.3) is 0 Å². The average Bonchev–Trinajstić information content (AvgIpc) is 2.86. The molecule has 2 amide bonds. The number of rotatable bonds is 4. The number of nitrogens with one attached hydrogen (secondary N) is 1. The molecule has 0 aromatic heterocycles. The summed E-state index contributed by atoms with van der Waals surface area (Å²) in [5.74, 6) is -3.25. The lowest BCUT2D eigenvalue weighted by molar-refractivity contribution is -0.142. The van der Waals surface area contributed by atoms with Crippen molar-refractivity contribution >= 4 is 23.4 Å².